The first-order valence-electron chi connectivity index (χ1n) is 11.5. The van der Waals surface area contributed by atoms with Gasteiger partial charge in [0.1, 0.15) is 11.9 Å². The molecule has 0 unspecified atom stereocenters. The van der Waals surface area contributed by atoms with Crippen LogP contribution in [0.25, 0.3) is 0 Å². The number of rotatable bonds is 6. The summed E-state index contributed by atoms with van der Waals surface area (Å²) in [6.45, 7) is 8.22. The van der Waals surface area contributed by atoms with Crippen LogP contribution in [0.2, 0.25) is 0 Å². The van der Waals surface area contributed by atoms with Crippen molar-refractivity contribution in [3.05, 3.63) is 65.7 Å². The first-order valence-corrected chi connectivity index (χ1v) is 11.5. The fourth-order valence-corrected chi connectivity index (χ4v) is 5.48. The molecule has 0 saturated heterocycles. The number of para-hydroxylation sites is 1. The molecule has 1 N–H and O–H groups in total. The van der Waals surface area contributed by atoms with Crippen molar-refractivity contribution in [2.45, 2.75) is 58.1 Å². The molecule has 1 aliphatic heterocycles. The molecule has 2 amide bonds. The summed E-state index contributed by atoms with van der Waals surface area (Å²) in [4.78, 5) is 40.1. The van der Waals surface area contributed by atoms with Gasteiger partial charge in [0.2, 0.25) is 5.91 Å². The maximum Gasteiger partial charge on any atom is 0.410 e. The number of nitrogens with zero attached hydrogens (tertiary/aromatic N) is 1. The second kappa shape index (κ2) is 8.32. The van der Waals surface area contributed by atoms with Gasteiger partial charge in [0.15, 0.2) is 0 Å². The smallest absolute Gasteiger partial charge is 0.410 e. The molecule has 6 nitrogen and oxygen atoms in total. The van der Waals surface area contributed by atoms with Crippen molar-refractivity contribution in [3.8, 4) is 0 Å². The molecule has 33 heavy (non-hydrogen) atoms. The third kappa shape index (κ3) is 4.03. The van der Waals surface area contributed by atoms with Crippen molar-refractivity contribution in [2.24, 2.45) is 11.3 Å². The molecule has 1 aliphatic carbocycles. The molecule has 174 valence electrons. The predicted octanol–water partition coefficient (Wildman–Crippen LogP) is 4.93. The van der Waals surface area contributed by atoms with Gasteiger partial charge < -0.3 is 19.7 Å². The molecule has 2 aliphatic rings. The first-order chi connectivity index (χ1) is 15.6. The Balaban J connectivity index is 1.68. The van der Waals surface area contributed by atoms with Crippen molar-refractivity contribution >= 4 is 24.0 Å². The number of hydrogen-bond acceptors (Lipinski definition) is 4. The van der Waals surface area contributed by atoms with Gasteiger partial charge in [0.25, 0.3) is 0 Å². The van der Waals surface area contributed by atoms with Crippen LogP contribution in [-0.2, 0) is 26.3 Å². The van der Waals surface area contributed by atoms with E-state index in [0.717, 1.165) is 23.1 Å². The third-order valence-corrected chi connectivity index (χ3v) is 7.13. The average molecular weight is 449 g/mol. The van der Waals surface area contributed by atoms with Gasteiger partial charge >= 0.3 is 6.09 Å². The number of anilines is 1. The molecule has 0 bridgehead atoms. The van der Waals surface area contributed by atoms with Crippen molar-refractivity contribution in [2.75, 3.05) is 11.9 Å². The Hall–Kier alpha value is -3.15. The van der Waals surface area contributed by atoms with Gasteiger partial charge in [-0.2, -0.15) is 0 Å². The van der Waals surface area contributed by atoms with Gasteiger partial charge in [-0.05, 0) is 50.8 Å². The number of amides is 2. The van der Waals surface area contributed by atoms with Crippen LogP contribution in [0.5, 0.6) is 0 Å². The lowest BCUT2D eigenvalue weighted by atomic mass is 9.40. The summed E-state index contributed by atoms with van der Waals surface area (Å²) in [5, 5.41) is 3.00. The molecular formula is C27H32N2O4. The first kappa shape index (κ1) is 23.0. The Morgan fingerprint density at radius 3 is 2.48 bits per heavy atom. The van der Waals surface area contributed by atoms with Gasteiger partial charge in [-0.1, -0.05) is 55.5 Å². The second-order valence-electron chi connectivity index (χ2n) is 10.4. The van der Waals surface area contributed by atoms with Crippen LogP contribution >= 0.6 is 0 Å². The highest BCUT2D eigenvalue weighted by Gasteiger charge is 2.68. The van der Waals surface area contributed by atoms with Gasteiger partial charge in [0.05, 0.1) is 0 Å². The molecular weight excluding hydrogens is 416 g/mol. The molecule has 2 aromatic rings. The summed E-state index contributed by atoms with van der Waals surface area (Å²) in [7, 11) is 0. The number of hydrogen-bond donors (Lipinski definition) is 1. The number of carbonyl (C=O) groups excluding carboxylic acids is 3. The van der Waals surface area contributed by atoms with Crippen molar-refractivity contribution in [3.63, 3.8) is 0 Å². The molecule has 1 heterocycles. The molecule has 6 heteroatoms. The lowest BCUT2D eigenvalue weighted by Gasteiger charge is -2.63. The number of fused-ring (bicyclic) bond motifs is 3. The minimum Gasteiger partial charge on any atom is -0.444 e. The van der Waals surface area contributed by atoms with E-state index >= 15 is 0 Å². The molecule has 0 radical (unpaired) electrons. The maximum atomic E-state index is 13.1. The van der Waals surface area contributed by atoms with E-state index in [1.165, 1.54) is 0 Å². The summed E-state index contributed by atoms with van der Waals surface area (Å²) < 4.78 is 5.70. The summed E-state index contributed by atoms with van der Waals surface area (Å²) in [5.41, 5.74) is 0.740. The van der Waals surface area contributed by atoms with Crippen LogP contribution in [0.1, 0.15) is 51.7 Å². The molecule has 3 atom stereocenters. The number of ether oxygens (including phenoxy) is 1. The Kier molecular flexibility index (Phi) is 5.81. The highest BCUT2D eigenvalue weighted by atomic mass is 16.6. The van der Waals surface area contributed by atoms with Gasteiger partial charge in [0, 0.05) is 35.5 Å². The van der Waals surface area contributed by atoms with Crippen molar-refractivity contribution < 1.29 is 19.1 Å². The van der Waals surface area contributed by atoms with Gasteiger partial charge in [-0.25, -0.2) is 4.79 Å². The van der Waals surface area contributed by atoms with E-state index in [0.29, 0.717) is 25.9 Å². The van der Waals surface area contributed by atoms with E-state index in [4.69, 9.17) is 4.74 Å². The van der Waals surface area contributed by atoms with Crippen molar-refractivity contribution in [1.82, 2.24) is 4.90 Å². The fraction of sp³-hybridized carbons (Fsp3) is 0.444. The normalized spacial score (nSPS) is 25.7. The van der Waals surface area contributed by atoms with E-state index in [9.17, 15) is 14.4 Å². The minimum atomic E-state index is -0.683. The predicted molar refractivity (Wildman–Crippen MR) is 127 cm³/mol. The molecule has 2 aromatic carbocycles. The number of carbonyl (C=O) groups is 3. The van der Waals surface area contributed by atoms with Crippen LogP contribution < -0.4 is 5.32 Å². The zero-order chi connectivity index (χ0) is 23.9. The Labute approximate surface area is 195 Å². The van der Waals surface area contributed by atoms with Crippen LogP contribution in [0.4, 0.5) is 10.5 Å². The van der Waals surface area contributed by atoms with Crippen LogP contribution in [-0.4, -0.2) is 35.3 Å². The maximum absolute atomic E-state index is 13.1. The average Bonchev–Trinajstić information content (AvgIpc) is 2.76. The Bertz CT molecular complexity index is 1060. The Morgan fingerprint density at radius 2 is 1.82 bits per heavy atom. The van der Waals surface area contributed by atoms with Crippen LogP contribution in [0, 0.1) is 11.3 Å². The zero-order valence-corrected chi connectivity index (χ0v) is 19.8. The lowest BCUT2D eigenvalue weighted by molar-refractivity contribution is -0.150. The van der Waals surface area contributed by atoms with Crippen LogP contribution in [0.3, 0.4) is 0 Å². The fourth-order valence-electron chi connectivity index (χ4n) is 5.48. The summed E-state index contributed by atoms with van der Waals surface area (Å²) in [5.74, 6) is -0.361. The summed E-state index contributed by atoms with van der Waals surface area (Å²) in [6.07, 6.45) is 1.58. The van der Waals surface area contributed by atoms with Crippen LogP contribution in [0.15, 0.2) is 54.6 Å². The van der Waals surface area contributed by atoms with E-state index < -0.39 is 22.5 Å². The van der Waals surface area contributed by atoms with E-state index in [1.807, 2.05) is 82.3 Å². The monoisotopic (exact) mass is 448 g/mol. The summed E-state index contributed by atoms with van der Waals surface area (Å²) >= 11 is 0. The zero-order valence-electron chi connectivity index (χ0n) is 19.8. The molecule has 0 spiro atoms. The highest BCUT2D eigenvalue weighted by molar-refractivity contribution is 6.00. The summed E-state index contributed by atoms with van der Waals surface area (Å²) in [6, 6.07) is 17.5. The quantitative estimate of drug-likeness (QED) is 0.636. The van der Waals surface area contributed by atoms with E-state index in [2.05, 4.69) is 5.32 Å². The topological polar surface area (TPSA) is 75.7 Å². The van der Waals surface area contributed by atoms with E-state index in [-0.39, 0.29) is 11.8 Å². The van der Waals surface area contributed by atoms with Gasteiger partial charge in [-0.15, -0.1) is 0 Å². The molecule has 1 saturated carbocycles. The minimum absolute atomic E-state index is 0.0556. The number of aldehydes is 1. The third-order valence-electron chi connectivity index (χ3n) is 7.13. The van der Waals surface area contributed by atoms with Gasteiger partial charge in [-0.3, -0.25) is 4.79 Å². The van der Waals surface area contributed by atoms with Crippen molar-refractivity contribution in [1.29, 1.82) is 0 Å². The molecule has 1 fully saturated rings. The largest absolute Gasteiger partial charge is 0.444 e. The standard InChI is InChI=1S/C27H32N2O4/c1-25(2,3)33-24(32)29(17-19-10-6-5-7-11-19)15-14-27-20-12-8-9-13-22(20)28-23(31)21(27)16-26(27,4)18-30/h5-13,18,21H,14-17H2,1-4H3,(H,28,31)/t21-,26-,27+/m1/s1. The molecule has 4 rings (SSSR count). The second-order valence-corrected chi connectivity index (χ2v) is 10.4. The SMILES string of the molecule is CC(C)(C)OC(=O)N(CC[C@]12c3ccccc3NC(=O)[C@H]1C[C@]2(C)C=O)Cc1ccccc1. The molecule has 0 aromatic heterocycles. The number of benzene rings is 2. The van der Waals surface area contributed by atoms with E-state index in [1.54, 1.807) is 4.90 Å². The number of nitrogens with one attached hydrogen (secondary N) is 1. The Morgan fingerprint density at radius 1 is 1.15 bits per heavy atom. The lowest BCUT2D eigenvalue weighted by Crippen LogP contribution is -2.67. The highest BCUT2D eigenvalue weighted by Crippen LogP contribution is 2.65.